The van der Waals surface area contributed by atoms with Gasteiger partial charge in [0.25, 0.3) is 0 Å². The van der Waals surface area contributed by atoms with Gasteiger partial charge in [0.05, 0.1) is 24.7 Å². The number of hydrogen-bond donors (Lipinski definition) is 0. The molecule has 0 rings (SSSR count). The van der Waals surface area contributed by atoms with Crippen LogP contribution >= 0.6 is 27.5 Å². The van der Waals surface area contributed by atoms with Crippen molar-refractivity contribution in [1.82, 2.24) is 0 Å². The van der Waals surface area contributed by atoms with E-state index in [1.165, 1.54) is 0 Å². The maximum atomic E-state index is 5.79. The summed E-state index contributed by atoms with van der Waals surface area (Å²) in [7, 11) is 1.66. The van der Waals surface area contributed by atoms with Crippen LogP contribution in [0.3, 0.4) is 0 Å². The number of hydrogen-bond acceptors (Lipinski definition) is 3. The number of methoxy groups -OCH3 is 1. The second-order valence-corrected chi connectivity index (χ2v) is 4.35. The molecule has 0 bridgehead atoms. The molecular weight excluding hydrogens is 283 g/mol. The summed E-state index contributed by atoms with van der Waals surface area (Å²) in [6, 6.07) is 0. The van der Waals surface area contributed by atoms with Crippen LogP contribution in [0, 0.1) is 0 Å². The summed E-state index contributed by atoms with van der Waals surface area (Å²) in [6.45, 7) is 4.63. The highest BCUT2D eigenvalue weighted by molar-refractivity contribution is 9.09. The molecule has 0 radical (unpaired) electrons. The molecule has 0 aromatic heterocycles. The van der Waals surface area contributed by atoms with Gasteiger partial charge in [-0.2, -0.15) is 0 Å². The van der Waals surface area contributed by atoms with Gasteiger partial charge in [0, 0.05) is 25.7 Å². The zero-order valence-electron chi connectivity index (χ0n) is 9.43. The summed E-state index contributed by atoms with van der Waals surface area (Å²) < 4.78 is 15.8. The largest absolute Gasteiger partial charge is 0.382 e. The Hall–Kier alpha value is 0.650. The summed E-state index contributed by atoms with van der Waals surface area (Å²) >= 11 is 9.17. The lowest BCUT2D eigenvalue weighted by Crippen LogP contribution is -2.33. The maximum absolute atomic E-state index is 5.79. The van der Waals surface area contributed by atoms with Gasteiger partial charge in [-0.15, -0.1) is 11.6 Å². The van der Waals surface area contributed by atoms with E-state index in [0.717, 1.165) is 11.8 Å². The van der Waals surface area contributed by atoms with Crippen LogP contribution in [-0.2, 0) is 14.2 Å². The molecular formula is C10H20BrClO3. The Labute approximate surface area is 106 Å². The molecule has 15 heavy (non-hydrogen) atoms. The Morgan fingerprint density at radius 1 is 1.20 bits per heavy atom. The molecule has 0 aliphatic heterocycles. The van der Waals surface area contributed by atoms with E-state index in [9.17, 15) is 0 Å². The molecule has 0 heterocycles. The van der Waals surface area contributed by atoms with Gasteiger partial charge in [0.1, 0.15) is 0 Å². The number of alkyl halides is 2. The van der Waals surface area contributed by atoms with E-state index in [4.69, 9.17) is 25.8 Å². The molecule has 3 nitrogen and oxygen atoms in total. The second kappa shape index (κ2) is 9.85. The van der Waals surface area contributed by atoms with E-state index in [1.54, 1.807) is 7.11 Å². The lowest BCUT2D eigenvalue weighted by Gasteiger charge is -2.25. The number of rotatable bonds is 10. The molecule has 92 valence electrons. The van der Waals surface area contributed by atoms with Crippen molar-refractivity contribution in [3.05, 3.63) is 0 Å². The van der Waals surface area contributed by atoms with Crippen molar-refractivity contribution in [2.45, 2.75) is 18.9 Å². The third-order valence-corrected chi connectivity index (χ3v) is 3.63. The minimum absolute atomic E-state index is 0.270. The lowest BCUT2D eigenvalue weighted by molar-refractivity contribution is -0.0107. The predicted octanol–water partition coefficient (Wildman–Crippen LogP) is 2.45. The smallest absolute Gasteiger partial charge is 0.0885 e. The standard InChI is InChI=1S/C10H20BrClO3/c1-10(8-11,9-12)15-5-3-4-14-7-6-13-2/h3-9H2,1-2H3. The van der Waals surface area contributed by atoms with E-state index < -0.39 is 0 Å². The van der Waals surface area contributed by atoms with Crippen molar-refractivity contribution in [2.75, 3.05) is 44.7 Å². The minimum Gasteiger partial charge on any atom is -0.382 e. The first-order chi connectivity index (χ1) is 7.18. The van der Waals surface area contributed by atoms with E-state index in [-0.39, 0.29) is 5.60 Å². The second-order valence-electron chi connectivity index (χ2n) is 3.52. The predicted molar refractivity (Wildman–Crippen MR) is 66.2 cm³/mol. The van der Waals surface area contributed by atoms with Gasteiger partial charge < -0.3 is 14.2 Å². The monoisotopic (exact) mass is 302 g/mol. The van der Waals surface area contributed by atoms with Crippen LogP contribution in [-0.4, -0.2) is 50.3 Å². The van der Waals surface area contributed by atoms with Crippen LogP contribution < -0.4 is 0 Å². The van der Waals surface area contributed by atoms with Crippen LogP contribution in [0.2, 0.25) is 0 Å². The van der Waals surface area contributed by atoms with Crippen LogP contribution in [0.4, 0.5) is 0 Å². The van der Waals surface area contributed by atoms with Crippen molar-refractivity contribution in [1.29, 1.82) is 0 Å². The summed E-state index contributed by atoms with van der Waals surface area (Å²) in [4.78, 5) is 0. The minimum atomic E-state index is -0.270. The first kappa shape index (κ1) is 15.7. The number of ether oxygens (including phenoxy) is 3. The maximum Gasteiger partial charge on any atom is 0.0885 e. The highest BCUT2D eigenvalue weighted by Crippen LogP contribution is 2.15. The first-order valence-corrected chi connectivity index (χ1v) is 6.66. The van der Waals surface area contributed by atoms with Gasteiger partial charge in [0.2, 0.25) is 0 Å². The van der Waals surface area contributed by atoms with E-state index in [0.29, 0.717) is 32.3 Å². The molecule has 0 saturated carbocycles. The summed E-state index contributed by atoms with van der Waals surface area (Å²) in [5, 5.41) is 0.744. The molecule has 0 aromatic carbocycles. The Morgan fingerprint density at radius 3 is 2.47 bits per heavy atom. The molecule has 0 amide bonds. The van der Waals surface area contributed by atoms with Crippen molar-refractivity contribution < 1.29 is 14.2 Å². The van der Waals surface area contributed by atoms with Crippen LogP contribution in [0.25, 0.3) is 0 Å². The third kappa shape index (κ3) is 8.46. The highest BCUT2D eigenvalue weighted by Gasteiger charge is 2.21. The van der Waals surface area contributed by atoms with Crippen molar-refractivity contribution in [2.24, 2.45) is 0 Å². The van der Waals surface area contributed by atoms with E-state index in [1.807, 2.05) is 6.92 Å². The quantitative estimate of drug-likeness (QED) is 0.458. The average Bonchev–Trinajstić information content (AvgIpc) is 2.27. The highest BCUT2D eigenvalue weighted by atomic mass is 79.9. The van der Waals surface area contributed by atoms with E-state index in [2.05, 4.69) is 15.9 Å². The average molecular weight is 304 g/mol. The molecule has 0 spiro atoms. The summed E-state index contributed by atoms with van der Waals surface area (Å²) in [6.07, 6.45) is 0.878. The van der Waals surface area contributed by atoms with Gasteiger partial charge in [0.15, 0.2) is 0 Å². The van der Waals surface area contributed by atoms with Crippen molar-refractivity contribution in [3.8, 4) is 0 Å². The van der Waals surface area contributed by atoms with Crippen molar-refractivity contribution in [3.63, 3.8) is 0 Å². The normalized spacial score (nSPS) is 15.2. The summed E-state index contributed by atoms with van der Waals surface area (Å²) in [5.74, 6) is 0.489. The van der Waals surface area contributed by atoms with Gasteiger partial charge >= 0.3 is 0 Å². The van der Waals surface area contributed by atoms with Gasteiger partial charge in [-0.05, 0) is 13.3 Å². The molecule has 0 aromatic rings. The van der Waals surface area contributed by atoms with Crippen LogP contribution in [0.15, 0.2) is 0 Å². The molecule has 0 N–H and O–H groups in total. The molecule has 1 unspecified atom stereocenters. The molecule has 0 saturated heterocycles. The Bertz CT molecular complexity index is 143. The lowest BCUT2D eigenvalue weighted by atomic mass is 10.2. The zero-order valence-corrected chi connectivity index (χ0v) is 11.8. The fourth-order valence-electron chi connectivity index (χ4n) is 0.837. The fourth-order valence-corrected chi connectivity index (χ4v) is 1.60. The van der Waals surface area contributed by atoms with Gasteiger partial charge in [-0.3, -0.25) is 0 Å². The molecule has 0 aliphatic rings. The van der Waals surface area contributed by atoms with Gasteiger partial charge in [-0.25, -0.2) is 0 Å². The number of halogens is 2. The first-order valence-electron chi connectivity index (χ1n) is 5.01. The Balaban J connectivity index is 3.29. The topological polar surface area (TPSA) is 27.7 Å². The SMILES string of the molecule is COCCOCCCOC(C)(CCl)CBr. The Kier molecular flexibility index (Phi) is 10.3. The zero-order chi connectivity index (χ0) is 11.6. The molecule has 0 fully saturated rings. The Morgan fingerprint density at radius 2 is 1.93 bits per heavy atom. The van der Waals surface area contributed by atoms with Crippen LogP contribution in [0.5, 0.6) is 0 Å². The molecule has 5 heteroatoms. The third-order valence-electron chi connectivity index (χ3n) is 1.88. The fraction of sp³-hybridized carbons (Fsp3) is 1.00. The molecule has 0 aliphatic carbocycles. The van der Waals surface area contributed by atoms with Gasteiger partial charge in [-0.1, -0.05) is 15.9 Å². The molecule has 1 atom stereocenters. The van der Waals surface area contributed by atoms with Crippen LogP contribution in [0.1, 0.15) is 13.3 Å². The van der Waals surface area contributed by atoms with Crippen molar-refractivity contribution >= 4 is 27.5 Å². The summed E-state index contributed by atoms with van der Waals surface area (Å²) in [5.41, 5.74) is -0.270. The van der Waals surface area contributed by atoms with E-state index >= 15 is 0 Å².